The topological polar surface area (TPSA) is 72.4 Å². The average Bonchev–Trinajstić information content (AvgIpc) is 1.37. The zero-order chi connectivity index (χ0) is 3.41. The van der Waals surface area contributed by atoms with Crippen molar-refractivity contribution in [1.29, 1.82) is 11.1 Å². The molecule has 0 atom stereocenters. The van der Waals surface area contributed by atoms with Gasteiger partial charge in [0.1, 0.15) is 0 Å². The van der Waals surface area contributed by atoms with Crippen LogP contribution in [0.5, 0.6) is 0 Å². The van der Waals surface area contributed by atoms with Crippen molar-refractivity contribution in [2.45, 2.75) is 0 Å². The Kier molecular flexibility index (Phi) is 16.4. The summed E-state index contributed by atoms with van der Waals surface area (Å²) >= 11 is 0. The van der Waals surface area contributed by atoms with Gasteiger partial charge in [0.25, 0.3) is 0 Å². The summed E-state index contributed by atoms with van der Waals surface area (Å²) in [5, 5.41) is 4.56. The van der Waals surface area contributed by atoms with Crippen molar-refractivity contribution in [3.05, 3.63) is 0 Å². The number of hydrogen-bond donors (Lipinski definition) is 2. The van der Waals surface area contributed by atoms with E-state index in [0.717, 1.165) is 0 Å². The van der Waals surface area contributed by atoms with Crippen molar-refractivity contribution in [2.75, 3.05) is 0 Å². The van der Waals surface area contributed by atoms with Gasteiger partial charge in [0.15, 0.2) is 0 Å². The Morgan fingerprint density at radius 2 is 1.20 bits per heavy atom. The molecule has 0 fully saturated rings. The minimum absolute atomic E-state index is 0. The largest absolute Gasteiger partial charge is 0.183 e. The molecule has 2 N–H and O–H groups in total. The molecular formula is H2FeN4. The Bertz CT molecular complexity index is 24.6. The van der Waals surface area contributed by atoms with E-state index in [9.17, 15) is 0 Å². The summed E-state index contributed by atoms with van der Waals surface area (Å²) in [4.78, 5) is 0. The van der Waals surface area contributed by atoms with Crippen LogP contribution in [0, 0.1) is 11.1 Å². The Balaban J connectivity index is 0. The van der Waals surface area contributed by atoms with Crippen molar-refractivity contribution in [3.63, 3.8) is 0 Å². The third kappa shape index (κ3) is 21.2. The molecule has 0 aromatic rings. The maximum absolute atomic E-state index is 5.72. The minimum atomic E-state index is 0. The second-order valence-electron chi connectivity index (χ2n) is 0.200. The number of rotatable bonds is 1. The predicted octanol–water partition coefficient (Wildman–Crippen LogP) is 0.961. The van der Waals surface area contributed by atoms with Gasteiger partial charge >= 0.3 is 0 Å². The molecule has 0 saturated carbocycles. The van der Waals surface area contributed by atoms with Crippen LogP contribution in [0.15, 0.2) is 10.4 Å². The van der Waals surface area contributed by atoms with Crippen LogP contribution in [0.4, 0.5) is 0 Å². The first-order valence-corrected chi connectivity index (χ1v) is 0.647. The summed E-state index contributed by atoms with van der Waals surface area (Å²) < 4.78 is 0. The van der Waals surface area contributed by atoms with E-state index >= 15 is 0 Å². The standard InChI is InChI=1S/Fe.H2N4/c;1-3-4-2/h;1-2H. The number of hydrogen-bond acceptors (Lipinski definition) is 2. The van der Waals surface area contributed by atoms with Crippen LogP contribution < -0.4 is 0 Å². The monoisotopic (exact) mass is 114 g/mol. The third-order valence-electron chi connectivity index (χ3n) is 0.0500. The summed E-state index contributed by atoms with van der Waals surface area (Å²) in [6.45, 7) is 0. The molecule has 0 saturated heterocycles. The second-order valence-corrected chi connectivity index (χ2v) is 0.200. The van der Waals surface area contributed by atoms with E-state index in [4.69, 9.17) is 11.1 Å². The molecule has 0 aromatic carbocycles. The Morgan fingerprint density at radius 3 is 1.20 bits per heavy atom. The fraction of sp³-hybridized carbons (Fsp3) is 0. The SMILES string of the molecule is N=NN=N.[Fe]. The Hall–Kier alpha value is -0.281. The molecule has 0 rings (SSSR count). The quantitative estimate of drug-likeness (QED) is 0.289. The van der Waals surface area contributed by atoms with E-state index in [1.54, 1.807) is 0 Å². The first kappa shape index (κ1) is 8.83. The summed E-state index contributed by atoms with van der Waals surface area (Å²) in [6, 6.07) is 0. The van der Waals surface area contributed by atoms with Gasteiger partial charge in [-0.2, -0.15) is 11.1 Å². The summed E-state index contributed by atoms with van der Waals surface area (Å²) in [5.74, 6) is 0. The third-order valence-corrected chi connectivity index (χ3v) is 0.0500. The van der Waals surface area contributed by atoms with Gasteiger partial charge in [0.05, 0.1) is 0 Å². The van der Waals surface area contributed by atoms with Crippen LogP contribution in [-0.2, 0) is 17.1 Å². The molecule has 0 radical (unpaired) electrons. The van der Waals surface area contributed by atoms with Gasteiger partial charge in [-0.1, -0.05) is 0 Å². The van der Waals surface area contributed by atoms with E-state index in [-0.39, 0.29) is 17.1 Å². The molecule has 0 aliphatic carbocycles. The molecule has 4 nitrogen and oxygen atoms in total. The van der Waals surface area contributed by atoms with Crippen molar-refractivity contribution in [1.82, 2.24) is 0 Å². The fourth-order valence-corrected chi connectivity index (χ4v) is 0. The second kappa shape index (κ2) is 9.30. The molecular weight excluding hydrogens is 112 g/mol. The maximum Gasteiger partial charge on any atom is 0 e. The van der Waals surface area contributed by atoms with Crippen LogP contribution in [0.2, 0.25) is 0 Å². The minimum Gasteiger partial charge on any atom is -0.183 e. The molecule has 0 spiro atoms. The van der Waals surface area contributed by atoms with Crippen LogP contribution in [0.25, 0.3) is 0 Å². The van der Waals surface area contributed by atoms with Gasteiger partial charge in [-0.15, -0.1) is 0 Å². The first-order valence-electron chi connectivity index (χ1n) is 0.647. The number of nitrogens with one attached hydrogen (secondary N) is 2. The number of nitrogens with zero attached hydrogens (tertiary/aromatic N) is 2. The van der Waals surface area contributed by atoms with Gasteiger partial charge in [0, 0.05) is 17.1 Å². The maximum atomic E-state index is 5.72. The summed E-state index contributed by atoms with van der Waals surface area (Å²) in [6.07, 6.45) is 0. The molecule has 0 unspecified atom stereocenters. The van der Waals surface area contributed by atoms with Gasteiger partial charge in [0.2, 0.25) is 0 Å². The normalized spacial score (nSPS) is 4.00. The molecule has 5 heteroatoms. The Morgan fingerprint density at radius 1 is 1.00 bits per heavy atom. The van der Waals surface area contributed by atoms with E-state index in [0.29, 0.717) is 0 Å². The zero-order valence-corrected chi connectivity index (χ0v) is 3.35. The smallest absolute Gasteiger partial charge is 0 e. The van der Waals surface area contributed by atoms with Crippen molar-refractivity contribution in [3.8, 4) is 0 Å². The molecule has 0 aliphatic heterocycles. The van der Waals surface area contributed by atoms with E-state index in [1.165, 1.54) is 0 Å². The zero-order valence-electron chi connectivity index (χ0n) is 2.25. The van der Waals surface area contributed by atoms with Crippen molar-refractivity contribution >= 4 is 0 Å². The molecule has 0 heterocycles. The van der Waals surface area contributed by atoms with Crippen molar-refractivity contribution < 1.29 is 17.1 Å². The van der Waals surface area contributed by atoms with Gasteiger partial charge in [-0.25, -0.2) is 0 Å². The van der Waals surface area contributed by atoms with Crippen LogP contribution in [0.1, 0.15) is 0 Å². The molecule has 0 aliphatic rings. The molecule has 5 heavy (non-hydrogen) atoms. The molecule has 0 amide bonds. The van der Waals surface area contributed by atoms with E-state index < -0.39 is 0 Å². The van der Waals surface area contributed by atoms with Crippen molar-refractivity contribution in [2.24, 2.45) is 10.4 Å². The van der Waals surface area contributed by atoms with E-state index in [2.05, 4.69) is 10.4 Å². The molecule has 0 aromatic heterocycles. The average molecular weight is 114 g/mol. The van der Waals surface area contributed by atoms with Crippen LogP contribution >= 0.6 is 0 Å². The van der Waals surface area contributed by atoms with E-state index in [1.807, 2.05) is 0 Å². The van der Waals surface area contributed by atoms with Gasteiger partial charge in [-0.05, 0) is 10.4 Å². The van der Waals surface area contributed by atoms with Crippen LogP contribution in [0.3, 0.4) is 0 Å². The Labute approximate surface area is 39.4 Å². The molecule has 30 valence electrons. The first-order chi connectivity index (χ1) is 1.91. The van der Waals surface area contributed by atoms with Gasteiger partial charge in [-0.3, -0.25) is 0 Å². The van der Waals surface area contributed by atoms with Crippen LogP contribution in [-0.4, -0.2) is 0 Å². The van der Waals surface area contributed by atoms with Gasteiger partial charge < -0.3 is 0 Å². The summed E-state index contributed by atoms with van der Waals surface area (Å²) in [5.41, 5.74) is 11.4. The fourth-order valence-electron chi connectivity index (χ4n) is 0. The predicted molar refractivity (Wildman–Crippen MR) is 10.3 cm³/mol. The molecule has 0 bridgehead atoms. The summed E-state index contributed by atoms with van der Waals surface area (Å²) in [7, 11) is 0.